The summed E-state index contributed by atoms with van der Waals surface area (Å²) in [6, 6.07) is 4.88. The predicted molar refractivity (Wildman–Crippen MR) is 144 cm³/mol. The number of fused-ring (bicyclic) bond motifs is 1. The van der Waals surface area contributed by atoms with Gasteiger partial charge in [-0.3, -0.25) is 14.4 Å². The van der Waals surface area contributed by atoms with E-state index in [0.717, 1.165) is 37.2 Å². The maximum absolute atomic E-state index is 13.1. The third-order valence-corrected chi connectivity index (χ3v) is 6.73. The molecule has 1 fully saturated rings. The number of carbonyl (C=O) groups excluding carboxylic acids is 4. The van der Waals surface area contributed by atoms with Gasteiger partial charge in [-0.05, 0) is 84.6 Å². The number of hydrogen-bond acceptors (Lipinski definition) is 7. The van der Waals surface area contributed by atoms with E-state index in [4.69, 9.17) is 15.2 Å². The number of rotatable bonds is 7. The Kier molecular flexibility index (Phi) is 8.63. The maximum Gasteiger partial charge on any atom is 0.410 e. The lowest BCUT2D eigenvalue weighted by Gasteiger charge is -2.38. The summed E-state index contributed by atoms with van der Waals surface area (Å²) in [6.07, 6.45) is 1.37. The first-order chi connectivity index (χ1) is 17.6. The SMILES string of the molecule is CN(C(=O)OC(C)(C)C)C1CCN(c2ccc3c(c2)CN(C(CCC(=O)OC(C)(C)C)C(N)=O)C3=O)CC1. The molecule has 1 atom stereocenters. The van der Waals surface area contributed by atoms with Gasteiger partial charge in [-0.25, -0.2) is 4.79 Å². The molecule has 2 N–H and O–H groups in total. The van der Waals surface area contributed by atoms with Crippen molar-refractivity contribution < 1.29 is 28.7 Å². The summed E-state index contributed by atoms with van der Waals surface area (Å²) < 4.78 is 10.8. The molecule has 1 saturated heterocycles. The number of anilines is 1. The molecule has 0 saturated carbocycles. The van der Waals surface area contributed by atoms with Crippen LogP contribution >= 0.6 is 0 Å². The molecule has 0 bridgehead atoms. The number of amides is 3. The van der Waals surface area contributed by atoms with Gasteiger partial charge in [0, 0.05) is 50.4 Å². The molecular formula is C28H42N4O6. The fourth-order valence-electron chi connectivity index (χ4n) is 4.87. The summed E-state index contributed by atoms with van der Waals surface area (Å²) in [5.74, 6) is -1.35. The molecule has 0 spiro atoms. The van der Waals surface area contributed by atoms with Crippen LogP contribution in [0.2, 0.25) is 0 Å². The standard InChI is InChI=1S/C28H42N4O6/c1-27(2,3)37-23(33)11-10-22(24(29)34)32-17-18-16-20(8-9-21(18)25(32)35)31-14-12-19(13-15-31)30(7)26(36)38-28(4,5)6/h8-9,16,19,22H,10-15,17H2,1-7H3,(H2,29,34). The molecule has 1 unspecified atom stereocenters. The molecule has 2 aliphatic rings. The minimum Gasteiger partial charge on any atom is -0.460 e. The average molecular weight is 531 g/mol. The van der Waals surface area contributed by atoms with Gasteiger partial charge in [0.05, 0.1) is 0 Å². The Bertz CT molecular complexity index is 1070. The Morgan fingerprint density at radius 3 is 2.21 bits per heavy atom. The first kappa shape index (κ1) is 29.3. The molecule has 10 heteroatoms. The number of nitrogens with two attached hydrogens (primary N) is 1. The number of esters is 1. The van der Waals surface area contributed by atoms with E-state index in [1.807, 2.05) is 32.9 Å². The smallest absolute Gasteiger partial charge is 0.410 e. The van der Waals surface area contributed by atoms with Crippen molar-refractivity contribution in [3.63, 3.8) is 0 Å². The number of piperidine rings is 1. The van der Waals surface area contributed by atoms with Gasteiger partial charge in [0.2, 0.25) is 5.91 Å². The van der Waals surface area contributed by atoms with Gasteiger partial charge in [0.25, 0.3) is 5.91 Å². The molecule has 0 aliphatic carbocycles. The van der Waals surface area contributed by atoms with Crippen LogP contribution < -0.4 is 10.6 Å². The molecular weight excluding hydrogens is 488 g/mol. The fourth-order valence-corrected chi connectivity index (χ4v) is 4.87. The number of primary amides is 1. The third kappa shape index (κ3) is 7.39. The molecule has 2 aliphatic heterocycles. The van der Waals surface area contributed by atoms with Crippen molar-refractivity contribution in [3.8, 4) is 0 Å². The van der Waals surface area contributed by atoms with E-state index in [1.54, 1.807) is 38.8 Å². The Morgan fingerprint density at radius 2 is 1.66 bits per heavy atom. The molecule has 10 nitrogen and oxygen atoms in total. The van der Waals surface area contributed by atoms with Gasteiger partial charge in [0.15, 0.2) is 0 Å². The highest BCUT2D eigenvalue weighted by atomic mass is 16.6. The lowest BCUT2D eigenvalue weighted by atomic mass is 10.0. The van der Waals surface area contributed by atoms with E-state index in [9.17, 15) is 19.2 Å². The number of ether oxygens (including phenoxy) is 2. The fraction of sp³-hybridized carbons (Fsp3) is 0.643. The van der Waals surface area contributed by atoms with Crippen LogP contribution in [0.5, 0.6) is 0 Å². The monoisotopic (exact) mass is 530 g/mol. The minimum atomic E-state index is -0.898. The summed E-state index contributed by atoms with van der Waals surface area (Å²) >= 11 is 0. The number of nitrogens with zero attached hydrogens (tertiary/aromatic N) is 3. The zero-order valence-corrected chi connectivity index (χ0v) is 23.7. The van der Waals surface area contributed by atoms with E-state index in [-0.39, 0.29) is 37.4 Å². The highest BCUT2D eigenvalue weighted by Crippen LogP contribution is 2.31. The Hall–Kier alpha value is -3.30. The second-order valence-corrected chi connectivity index (χ2v) is 12.1. The van der Waals surface area contributed by atoms with Crippen molar-refractivity contribution in [1.29, 1.82) is 0 Å². The van der Waals surface area contributed by atoms with Crippen molar-refractivity contribution in [1.82, 2.24) is 9.80 Å². The van der Waals surface area contributed by atoms with Gasteiger partial charge in [-0.1, -0.05) is 0 Å². The van der Waals surface area contributed by atoms with Crippen LogP contribution in [0.15, 0.2) is 18.2 Å². The van der Waals surface area contributed by atoms with Crippen LogP contribution in [-0.4, -0.2) is 77.1 Å². The lowest BCUT2D eigenvalue weighted by molar-refractivity contribution is -0.155. The summed E-state index contributed by atoms with van der Waals surface area (Å²) in [5, 5.41) is 0. The number of carbonyl (C=O) groups is 4. The second-order valence-electron chi connectivity index (χ2n) is 12.1. The normalized spacial score (nSPS) is 17.2. The molecule has 1 aromatic carbocycles. The van der Waals surface area contributed by atoms with Crippen molar-refractivity contribution in [2.24, 2.45) is 5.73 Å². The summed E-state index contributed by atoms with van der Waals surface area (Å²) in [6.45, 7) is 12.7. The topological polar surface area (TPSA) is 122 Å². The molecule has 210 valence electrons. The number of benzene rings is 1. The van der Waals surface area contributed by atoms with Crippen LogP contribution in [0.1, 0.15) is 83.1 Å². The van der Waals surface area contributed by atoms with Crippen molar-refractivity contribution in [2.75, 3.05) is 25.0 Å². The molecule has 1 aromatic rings. The van der Waals surface area contributed by atoms with Gasteiger partial charge in [-0.2, -0.15) is 0 Å². The van der Waals surface area contributed by atoms with E-state index in [2.05, 4.69) is 4.90 Å². The highest BCUT2D eigenvalue weighted by molar-refractivity contribution is 6.01. The van der Waals surface area contributed by atoms with Crippen LogP contribution in [0.4, 0.5) is 10.5 Å². The van der Waals surface area contributed by atoms with Gasteiger partial charge in [-0.15, -0.1) is 0 Å². The van der Waals surface area contributed by atoms with Gasteiger partial charge >= 0.3 is 12.1 Å². The molecule has 0 radical (unpaired) electrons. The predicted octanol–water partition coefficient (Wildman–Crippen LogP) is 3.45. The van der Waals surface area contributed by atoms with E-state index >= 15 is 0 Å². The minimum absolute atomic E-state index is 0.0110. The largest absolute Gasteiger partial charge is 0.460 e. The zero-order chi connectivity index (χ0) is 28.4. The first-order valence-corrected chi connectivity index (χ1v) is 13.2. The van der Waals surface area contributed by atoms with E-state index in [0.29, 0.717) is 5.56 Å². The van der Waals surface area contributed by atoms with Crippen LogP contribution in [-0.2, 0) is 25.6 Å². The quantitative estimate of drug-likeness (QED) is 0.536. The number of hydrogen-bond donors (Lipinski definition) is 1. The van der Waals surface area contributed by atoms with E-state index < -0.39 is 29.1 Å². The molecule has 3 amide bonds. The third-order valence-electron chi connectivity index (χ3n) is 6.73. The van der Waals surface area contributed by atoms with E-state index in [1.165, 1.54) is 4.90 Å². The molecule has 2 heterocycles. The summed E-state index contributed by atoms with van der Waals surface area (Å²) in [5.41, 5.74) is 6.82. The maximum atomic E-state index is 13.1. The molecule has 0 aromatic heterocycles. The zero-order valence-electron chi connectivity index (χ0n) is 23.7. The van der Waals surface area contributed by atoms with Gasteiger partial charge in [0.1, 0.15) is 17.2 Å². The second kappa shape index (κ2) is 11.2. The molecule has 3 rings (SSSR count). The highest BCUT2D eigenvalue weighted by Gasteiger charge is 2.37. The van der Waals surface area contributed by atoms with Crippen LogP contribution in [0, 0.1) is 0 Å². The van der Waals surface area contributed by atoms with Crippen LogP contribution in [0.3, 0.4) is 0 Å². The summed E-state index contributed by atoms with van der Waals surface area (Å²) in [7, 11) is 1.78. The van der Waals surface area contributed by atoms with Crippen molar-refractivity contribution in [3.05, 3.63) is 29.3 Å². The first-order valence-electron chi connectivity index (χ1n) is 13.2. The molecule has 38 heavy (non-hydrogen) atoms. The summed E-state index contributed by atoms with van der Waals surface area (Å²) in [4.78, 5) is 55.3. The Morgan fingerprint density at radius 1 is 1.05 bits per heavy atom. The van der Waals surface area contributed by atoms with Gasteiger partial charge < -0.3 is 29.9 Å². The lowest BCUT2D eigenvalue weighted by Crippen LogP contribution is -2.47. The Balaban J connectivity index is 1.62. The average Bonchev–Trinajstić information content (AvgIpc) is 3.11. The van der Waals surface area contributed by atoms with Crippen molar-refractivity contribution >= 4 is 29.6 Å². The Labute approximate surface area is 225 Å². The van der Waals surface area contributed by atoms with Crippen LogP contribution in [0.25, 0.3) is 0 Å². The van der Waals surface area contributed by atoms with Crippen molar-refractivity contribution in [2.45, 2.75) is 97.1 Å².